The summed E-state index contributed by atoms with van der Waals surface area (Å²) in [5, 5.41) is 1.77. The summed E-state index contributed by atoms with van der Waals surface area (Å²) in [5.41, 5.74) is 0.614. The third-order valence-electron chi connectivity index (χ3n) is 3.27. The van der Waals surface area contributed by atoms with Gasteiger partial charge in [0.05, 0.1) is 12.0 Å². The van der Waals surface area contributed by atoms with Gasteiger partial charge >= 0.3 is 0 Å². The van der Waals surface area contributed by atoms with Crippen molar-refractivity contribution in [3.8, 4) is 0 Å². The van der Waals surface area contributed by atoms with Crippen LogP contribution >= 0.6 is 22.9 Å². The minimum absolute atomic E-state index is 0.279. The molecule has 5 nitrogen and oxygen atoms in total. The normalized spacial score (nSPS) is 10.9. The molecule has 118 valence electrons. The molecule has 0 spiro atoms. The number of aromatic nitrogens is 2. The second-order valence-corrected chi connectivity index (χ2v) is 6.17. The quantitative estimate of drug-likeness (QED) is 0.707. The Morgan fingerprint density at radius 2 is 2.04 bits per heavy atom. The maximum Gasteiger partial charge on any atom is 0.282 e. The van der Waals surface area contributed by atoms with Crippen molar-refractivity contribution in [2.24, 2.45) is 0 Å². The Labute approximate surface area is 142 Å². The summed E-state index contributed by atoms with van der Waals surface area (Å²) in [6.07, 6.45) is 1.67. The van der Waals surface area contributed by atoms with E-state index in [-0.39, 0.29) is 5.56 Å². The molecule has 3 rings (SSSR count). The third-order valence-corrected chi connectivity index (χ3v) is 4.54. The average molecular weight is 348 g/mol. The number of benzene rings is 1. The first-order chi connectivity index (χ1) is 11.2. The SMILES string of the molecule is COCCN(c1ccc(Cl)cc1)c1nc(=O)c2cccnc2s1. The van der Waals surface area contributed by atoms with Gasteiger partial charge in [-0.2, -0.15) is 4.98 Å². The third kappa shape index (κ3) is 3.50. The van der Waals surface area contributed by atoms with Crippen molar-refractivity contribution in [3.63, 3.8) is 0 Å². The van der Waals surface area contributed by atoms with E-state index in [0.29, 0.717) is 33.5 Å². The molecule has 23 heavy (non-hydrogen) atoms. The zero-order valence-corrected chi connectivity index (χ0v) is 14.0. The Balaban J connectivity index is 2.09. The predicted octanol–water partition coefficient (Wildman–Crippen LogP) is 3.49. The van der Waals surface area contributed by atoms with Gasteiger partial charge in [0.1, 0.15) is 4.83 Å². The summed E-state index contributed by atoms with van der Waals surface area (Å²) in [5.74, 6) is 0. The van der Waals surface area contributed by atoms with Crippen LogP contribution in [0.25, 0.3) is 10.2 Å². The summed E-state index contributed by atoms with van der Waals surface area (Å²) >= 11 is 7.33. The van der Waals surface area contributed by atoms with Crippen molar-refractivity contribution in [1.82, 2.24) is 9.97 Å². The van der Waals surface area contributed by atoms with Gasteiger partial charge in [-0.3, -0.25) is 4.79 Å². The summed E-state index contributed by atoms with van der Waals surface area (Å²) < 4.78 is 5.17. The zero-order chi connectivity index (χ0) is 16.2. The molecular formula is C16H14ClN3O2S. The molecule has 0 amide bonds. The van der Waals surface area contributed by atoms with Gasteiger partial charge in [-0.1, -0.05) is 22.9 Å². The molecule has 0 fully saturated rings. The molecule has 1 aromatic carbocycles. The summed E-state index contributed by atoms with van der Waals surface area (Å²) in [6, 6.07) is 10.9. The van der Waals surface area contributed by atoms with Crippen LogP contribution in [0.3, 0.4) is 0 Å². The molecule has 0 N–H and O–H groups in total. The van der Waals surface area contributed by atoms with Crippen LogP contribution < -0.4 is 10.5 Å². The molecule has 0 aliphatic carbocycles. The predicted molar refractivity (Wildman–Crippen MR) is 94.0 cm³/mol. The number of anilines is 2. The fourth-order valence-corrected chi connectivity index (χ4v) is 3.26. The van der Waals surface area contributed by atoms with Gasteiger partial charge in [-0.15, -0.1) is 0 Å². The van der Waals surface area contributed by atoms with E-state index < -0.39 is 0 Å². The minimum atomic E-state index is -0.279. The van der Waals surface area contributed by atoms with E-state index in [1.165, 1.54) is 11.3 Å². The monoisotopic (exact) mass is 347 g/mol. The van der Waals surface area contributed by atoms with E-state index in [4.69, 9.17) is 16.3 Å². The van der Waals surface area contributed by atoms with E-state index in [1.807, 2.05) is 17.0 Å². The second kappa shape index (κ2) is 7.04. The van der Waals surface area contributed by atoms with Crippen LogP contribution in [0, 0.1) is 0 Å². The van der Waals surface area contributed by atoms with Crippen LogP contribution in [0.5, 0.6) is 0 Å². The van der Waals surface area contributed by atoms with Crippen molar-refractivity contribution in [2.75, 3.05) is 25.2 Å². The molecule has 0 saturated heterocycles. The summed E-state index contributed by atoms with van der Waals surface area (Å²) in [4.78, 5) is 23.3. The number of hydrogen-bond acceptors (Lipinski definition) is 6. The van der Waals surface area contributed by atoms with Gasteiger partial charge in [0.2, 0.25) is 0 Å². The Bertz CT molecular complexity index is 867. The highest BCUT2D eigenvalue weighted by molar-refractivity contribution is 7.21. The highest BCUT2D eigenvalue weighted by atomic mass is 35.5. The Morgan fingerprint density at radius 3 is 2.78 bits per heavy atom. The van der Waals surface area contributed by atoms with E-state index in [9.17, 15) is 4.79 Å². The maximum absolute atomic E-state index is 12.2. The lowest BCUT2D eigenvalue weighted by Crippen LogP contribution is -2.24. The van der Waals surface area contributed by atoms with Gasteiger partial charge < -0.3 is 9.64 Å². The van der Waals surface area contributed by atoms with Gasteiger partial charge in [-0.25, -0.2) is 4.98 Å². The standard InChI is InChI=1S/C16H14ClN3O2S/c1-22-10-9-20(12-6-4-11(17)5-7-12)16-19-14(21)13-3-2-8-18-15(13)23-16/h2-8H,9-10H2,1H3. The summed E-state index contributed by atoms with van der Waals surface area (Å²) in [6.45, 7) is 1.07. The lowest BCUT2D eigenvalue weighted by atomic mass is 10.3. The van der Waals surface area contributed by atoms with Crippen LogP contribution in [0.15, 0.2) is 47.4 Å². The first-order valence-corrected chi connectivity index (χ1v) is 8.16. The first kappa shape index (κ1) is 15.9. The van der Waals surface area contributed by atoms with Gasteiger partial charge in [0.15, 0.2) is 5.13 Å². The van der Waals surface area contributed by atoms with Gasteiger partial charge in [-0.05, 0) is 36.4 Å². The molecular weight excluding hydrogens is 334 g/mol. The fraction of sp³-hybridized carbons (Fsp3) is 0.188. The van der Waals surface area contributed by atoms with Crippen molar-refractivity contribution < 1.29 is 4.74 Å². The Hall–Kier alpha value is -2.02. The van der Waals surface area contributed by atoms with Crippen molar-refractivity contribution >= 4 is 44.0 Å². The lowest BCUT2D eigenvalue weighted by molar-refractivity contribution is 0.207. The van der Waals surface area contributed by atoms with E-state index >= 15 is 0 Å². The molecule has 2 aromatic heterocycles. The number of methoxy groups -OCH3 is 1. The van der Waals surface area contributed by atoms with Crippen LogP contribution in [0.2, 0.25) is 5.02 Å². The topological polar surface area (TPSA) is 55.3 Å². The van der Waals surface area contributed by atoms with E-state index in [2.05, 4.69) is 9.97 Å². The number of hydrogen-bond donors (Lipinski definition) is 0. The molecule has 7 heteroatoms. The summed E-state index contributed by atoms with van der Waals surface area (Å²) in [7, 11) is 1.64. The average Bonchev–Trinajstić information content (AvgIpc) is 2.57. The minimum Gasteiger partial charge on any atom is -0.383 e. The number of nitrogens with zero attached hydrogens (tertiary/aromatic N) is 3. The molecule has 0 aliphatic rings. The highest BCUT2D eigenvalue weighted by Crippen LogP contribution is 2.29. The van der Waals surface area contributed by atoms with Crippen molar-refractivity contribution in [1.29, 1.82) is 0 Å². The largest absolute Gasteiger partial charge is 0.383 e. The van der Waals surface area contributed by atoms with Crippen molar-refractivity contribution in [3.05, 3.63) is 58.0 Å². The number of ether oxygens (including phenoxy) is 1. The van der Waals surface area contributed by atoms with Crippen LogP contribution in [-0.4, -0.2) is 30.2 Å². The highest BCUT2D eigenvalue weighted by Gasteiger charge is 2.14. The Morgan fingerprint density at radius 1 is 1.26 bits per heavy atom. The number of pyridine rings is 1. The van der Waals surface area contributed by atoms with Crippen molar-refractivity contribution in [2.45, 2.75) is 0 Å². The van der Waals surface area contributed by atoms with E-state index in [1.54, 1.807) is 37.6 Å². The van der Waals surface area contributed by atoms with Crippen LogP contribution in [0.1, 0.15) is 0 Å². The molecule has 0 aliphatic heterocycles. The van der Waals surface area contributed by atoms with Crippen LogP contribution in [-0.2, 0) is 4.74 Å². The van der Waals surface area contributed by atoms with Crippen LogP contribution in [0.4, 0.5) is 10.8 Å². The first-order valence-electron chi connectivity index (χ1n) is 6.97. The maximum atomic E-state index is 12.2. The van der Waals surface area contributed by atoms with Gasteiger partial charge in [0, 0.05) is 30.6 Å². The molecule has 0 bridgehead atoms. The molecule has 0 unspecified atom stereocenters. The van der Waals surface area contributed by atoms with E-state index in [0.717, 1.165) is 5.69 Å². The fourth-order valence-electron chi connectivity index (χ4n) is 2.15. The second-order valence-electron chi connectivity index (χ2n) is 4.78. The molecule has 2 heterocycles. The van der Waals surface area contributed by atoms with Gasteiger partial charge in [0.25, 0.3) is 5.56 Å². The number of halogens is 1. The molecule has 0 radical (unpaired) electrons. The molecule has 0 saturated carbocycles. The number of fused-ring (bicyclic) bond motifs is 1. The number of rotatable bonds is 5. The zero-order valence-electron chi connectivity index (χ0n) is 12.4. The molecule has 3 aromatic rings. The Kier molecular flexibility index (Phi) is 4.85. The molecule has 0 atom stereocenters. The smallest absolute Gasteiger partial charge is 0.282 e. The lowest BCUT2D eigenvalue weighted by Gasteiger charge is -2.22.